The lowest BCUT2D eigenvalue weighted by Crippen LogP contribution is -2.66. The van der Waals surface area contributed by atoms with Crippen LogP contribution in [0.4, 0.5) is 0 Å². The van der Waals surface area contributed by atoms with Crippen molar-refractivity contribution in [3.8, 4) is 0 Å². The Balaban J connectivity index is 1.20. The molecule has 4 heterocycles. The largest absolute Gasteiger partial charge is 0.389 e. The zero-order chi connectivity index (χ0) is 33.4. The van der Waals surface area contributed by atoms with E-state index in [0.29, 0.717) is 50.6 Å². The predicted molar refractivity (Wildman–Crippen MR) is 183 cm³/mol. The van der Waals surface area contributed by atoms with Gasteiger partial charge in [-0.2, -0.15) is 0 Å². The molecule has 1 saturated carbocycles. The number of aliphatic hydroxyl groups is 3. The fourth-order valence-corrected chi connectivity index (χ4v) is 8.99. The van der Waals surface area contributed by atoms with Gasteiger partial charge in [0.2, 0.25) is 5.91 Å². The Hall–Kier alpha value is -2.86. The Kier molecular flexibility index (Phi) is 9.93. The van der Waals surface area contributed by atoms with Crippen LogP contribution in [-0.4, -0.2) is 107 Å². The molecule has 3 aromatic rings. The van der Waals surface area contributed by atoms with Crippen LogP contribution in [0.3, 0.4) is 0 Å². The molecule has 0 spiro atoms. The number of β-amino-alcohol motifs (C(OH)–C–C–N with tert-alkyl or cyclic N) is 1. The summed E-state index contributed by atoms with van der Waals surface area (Å²) in [7, 11) is 0. The number of aryl methyl sites for hydroxylation is 3. The van der Waals surface area contributed by atoms with Crippen molar-refractivity contribution in [2.45, 2.75) is 101 Å². The number of hydrogen-bond acceptors (Lipinski definition) is 8. The minimum absolute atomic E-state index is 0.0100. The summed E-state index contributed by atoms with van der Waals surface area (Å²) in [4.78, 5) is 29.9. The summed E-state index contributed by atoms with van der Waals surface area (Å²) in [5.74, 6) is -0.114. The van der Waals surface area contributed by atoms with Gasteiger partial charge in [-0.05, 0) is 86.3 Å². The van der Waals surface area contributed by atoms with Crippen LogP contribution in [0.15, 0.2) is 49.1 Å². The van der Waals surface area contributed by atoms with Gasteiger partial charge in [0.25, 0.3) is 0 Å². The topological polar surface area (TPSA) is 118 Å². The van der Waals surface area contributed by atoms with E-state index in [9.17, 15) is 20.1 Å². The third-order valence-corrected chi connectivity index (χ3v) is 11.5. The van der Waals surface area contributed by atoms with E-state index in [-0.39, 0.29) is 24.4 Å². The molecule has 258 valence electrons. The number of imidazole rings is 1. The summed E-state index contributed by atoms with van der Waals surface area (Å²) in [6, 6.07) is 9.31. The van der Waals surface area contributed by atoms with Gasteiger partial charge in [0.05, 0.1) is 43.0 Å². The number of likely N-dealkylation sites (tertiary alicyclic amines) is 1. The smallest absolute Gasteiger partial charge is 0.241 e. The van der Waals surface area contributed by atoms with Gasteiger partial charge in [-0.1, -0.05) is 43.0 Å². The number of amides is 1. The summed E-state index contributed by atoms with van der Waals surface area (Å²) in [5, 5.41) is 35.7. The van der Waals surface area contributed by atoms with Crippen molar-refractivity contribution in [1.82, 2.24) is 29.2 Å². The number of hydrogen-bond donors (Lipinski definition) is 3. The number of aromatic nitrogens is 3. The highest BCUT2D eigenvalue weighted by atomic mass is 35.5. The highest BCUT2D eigenvalue weighted by Crippen LogP contribution is 2.39. The second-order valence-electron chi connectivity index (χ2n) is 14.6. The normalized spacial score (nSPS) is 27.1. The molecule has 4 aliphatic rings. The second kappa shape index (κ2) is 14.2. The van der Waals surface area contributed by atoms with Gasteiger partial charge in [-0.15, -0.1) is 0 Å². The molecule has 3 fully saturated rings. The van der Waals surface area contributed by atoms with Gasteiger partial charge < -0.3 is 24.8 Å². The highest BCUT2D eigenvalue weighted by molar-refractivity contribution is 6.30. The predicted octanol–water partition coefficient (Wildman–Crippen LogP) is 3.73. The molecule has 5 atom stereocenters. The van der Waals surface area contributed by atoms with Crippen LogP contribution in [0.2, 0.25) is 5.02 Å². The minimum atomic E-state index is -1.16. The third-order valence-electron chi connectivity index (χ3n) is 11.2. The lowest BCUT2D eigenvalue weighted by Gasteiger charge is -2.49. The standard InChI is InChI=1S/C37H49ClN6O4/c1-25-20-41(24-40-25)22-37(48)14-6-16-43(23-37)35(46)31-21-42(17-18-44(31)36(47)34(45)27-7-3-2-4-8-27)33-30-13-12-29(38)19-28(30)11-10-26-9-5-15-39-32(26)33/h5,9,12-13,15,19-20,24,27,31,33-34,36,45,47-48H,2-4,6-8,10-11,14,16-18,21-23H2,1H3/t31-,33+,34?,36?,37?/m1/s1. The summed E-state index contributed by atoms with van der Waals surface area (Å²) in [5.41, 5.74) is 4.28. The number of rotatable bonds is 7. The molecule has 48 heavy (non-hydrogen) atoms. The van der Waals surface area contributed by atoms with Crippen molar-refractivity contribution < 1.29 is 20.1 Å². The van der Waals surface area contributed by atoms with Crippen LogP contribution in [-0.2, 0) is 24.2 Å². The van der Waals surface area contributed by atoms with Crippen molar-refractivity contribution in [3.05, 3.63) is 82.2 Å². The van der Waals surface area contributed by atoms with Crippen LogP contribution in [0, 0.1) is 12.8 Å². The number of carbonyl (C=O) groups is 1. The molecule has 11 heteroatoms. The van der Waals surface area contributed by atoms with Crippen molar-refractivity contribution in [1.29, 1.82) is 0 Å². The first-order valence-corrected chi connectivity index (χ1v) is 18.1. The van der Waals surface area contributed by atoms with Crippen LogP contribution >= 0.6 is 11.6 Å². The molecule has 2 aliphatic heterocycles. The first-order chi connectivity index (χ1) is 23.2. The van der Waals surface area contributed by atoms with Gasteiger partial charge in [-0.3, -0.25) is 19.6 Å². The summed E-state index contributed by atoms with van der Waals surface area (Å²) in [6.45, 7) is 4.36. The lowest BCUT2D eigenvalue weighted by molar-refractivity contribution is -0.168. The quantitative estimate of drug-likeness (QED) is 0.347. The molecule has 7 rings (SSSR count). The van der Waals surface area contributed by atoms with E-state index >= 15 is 0 Å². The monoisotopic (exact) mass is 676 g/mol. The van der Waals surface area contributed by atoms with Crippen LogP contribution in [0.25, 0.3) is 0 Å². The number of pyridine rings is 1. The van der Waals surface area contributed by atoms with E-state index in [0.717, 1.165) is 61.9 Å². The van der Waals surface area contributed by atoms with Crippen LogP contribution in [0.5, 0.6) is 0 Å². The van der Waals surface area contributed by atoms with Gasteiger partial charge in [-0.25, -0.2) is 4.98 Å². The van der Waals surface area contributed by atoms with Crippen LogP contribution in [0.1, 0.15) is 79.1 Å². The lowest BCUT2D eigenvalue weighted by atomic mass is 9.84. The van der Waals surface area contributed by atoms with Gasteiger partial charge in [0.1, 0.15) is 17.9 Å². The molecule has 0 radical (unpaired) electrons. The molecular formula is C37H49ClN6O4. The van der Waals surface area contributed by atoms with Gasteiger partial charge >= 0.3 is 0 Å². The van der Waals surface area contributed by atoms with Gasteiger partial charge in [0, 0.05) is 43.6 Å². The van der Waals surface area contributed by atoms with Crippen molar-refractivity contribution in [2.24, 2.45) is 5.92 Å². The molecule has 3 N–H and O–H groups in total. The zero-order valence-corrected chi connectivity index (χ0v) is 28.7. The number of fused-ring (bicyclic) bond motifs is 2. The summed E-state index contributed by atoms with van der Waals surface area (Å²) < 4.78 is 1.89. The van der Waals surface area contributed by atoms with E-state index in [1.807, 2.05) is 40.9 Å². The molecule has 3 unspecified atom stereocenters. The number of piperidine rings is 1. The number of piperazine rings is 1. The third kappa shape index (κ3) is 6.93. The van der Waals surface area contributed by atoms with E-state index in [2.05, 4.69) is 28.1 Å². The first-order valence-electron chi connectivity index (χ1n) is 17.8. The highest BCUT2D eigenvalue weighted by Gasteiger charge is 2.46. The average Bonchev–Trinajstić information content (AvgIpc) is 3.43. The molecule has 2 aliphatic carbocycles. The molecule has 1 aromatic carbocycles. The fourth-order valence-electron chi connectivity index (χ4n) is 8.80. The zero-order valence-electron chi connectivity index (χ0n) is 27.9. The maximum Gasteiger partial charge on any atom is 0.241 e. The Morgan fingerprint density at radius 1 is 1.04 bits per heavy atom. The average molecular weight is 677 g/mol. The van der Waals surface area contributed by atoms with Crippen LogP contribution < -0.4 is 0 Å². The maximum atomic E-state index is 14.7. The molecule has 10 nitrogen and oxygen atoms in total. The second-order valence-corrected chi connectivity index (χ2v) is 15.1. The molecule has 0 bridgehead atoms. The van der Waals surface area contributed by atoms with E-state index < -0.39 is 24.0 Å². The number of carbonyl (C=O) groups excluding carboxylic acids is 1. The minimum Gasteiger partial charge on any atom is -0.389 e. The van der Waals surface area contributed by atoms with Crippen molar-refractivity contribution in [2.75, 3.05) is 32.7 Å². The summed E-state index contributed by atoms with van der Waals surface area (Å²) in [6.07, 6.45) is 11.4. The van der Waals surface area contributed by atoms with E-state index in [1.165, 1.54) is 11.1 Å². The van der Waals surface area contributed by atoms with E-state index in [4.69, 9.17) is 16.6 Å². The van der Waals surface area contributed by atoms with E-state index in [1.54, 1.807) is 11.2 Å². The van der Waals surface area contributed by atoms with Gasteiger partial charge in [0.15, 0.2) is 0 Å². The number of nitrogens with zero attached hydrogens (tertiary/aromatic N) is 6. The number of benzene rings is 1. The number of aliphatic hydroxyl groups excluding tert-OH is 2. The maximum absolute atomic E-state index is 14.7. The van der Waals surface area contributed by atoms with Crippen molar-refractivity contribution in [3.63, 3.8) is 0 Å². The number of halogens is 1. The Labute approximate surface area is 288 Å². The Morgan fingerprint density at radius 2 is 1.85 bits per heavy atom. The van der Waals surface area contributed by atoms with Crippen molar-refractivity contribution >= 4 is 17.5 Å². The fraction of sp³-hybridized carbons (Fsp3) is 0.595. The Morgan fingerprint density at radius 3 is 2.65 bits per heavy atom. The first kappa shape index (κ1) is 33.6. The Bertz CT molecular complexity index is 1600. The molecule has 1 amide bonds. The molecule has 2 aromatic heterocycles. The molecule has 2 saturated heterocycles. The SMILES string of the molecule is Cc1cn(CC2(O)CCCN(C(=O)[C@H]3CN([C@H]4c5ccc(Cl)cc5CCc5cccnc54)CCN3C(O)C(O)C3CCCCC3)C2)cn1. The summed E-state index contributed by atoms with van der Waals surface area (Å²) >= 11 is 6.49. The molecular weight excluding hydrogens is 628 g/mol.